The van der Waals surface area contributed by atoms with E-state index in [2.05, 4.69) is 10.6 Å². The fourth-order valence-electron chi connectivity index (χ4n) is 3.24. The molecular weight excluding hydrogens is 292 g/mol. The highest BCUT2D eigenvalue weighted by atomic mass is 16.2. The monoisotopic (exact) mass is 316 g/mol. The molecular formula is C17H24N4O2. The summed E-state index contributed by atoms with van der Waals surface area (Å²) in [6.45, 7) is 1.20. The first-order valence-corrected chi connectivity index (χ1v) is 8.32. The van der Waals surface area contributed by atoms with Gasteiger partial charge < -0.3 is 21.3 Å². The lowest BCUT2D eigenvalue weighted by atomic mass is 10.00. The van der Waals surface area contributed by atoms with E-state index in [0.29, 0.717) is 13.1 Å². The number of carbonyl (C=O) groups is 2. The Kier molecular flexibility index (Phi) is 4.81. The number of piperazine rings is 1. The molecule has 2 aliphatic rings. The minimum atomic E-state index is -0.375. The van der Waals surface area contributed by atoms with Gasteiger partial charge in [0.05, 0.1) is 6.54 Å². The van der Waals surface area contributed by atoms with Crippen molar-refractivity contribution in [3.05, 3.63) is 29.8 Å². The molecule has 124 valence electrons. The number of carbonyl (C=O) groups excluding carboxylic acids is 2. The summed E-state index contributed by atoms with van der Waals surface area (Å²) in [5, 5.41) is 5.78. The van der Waals surface area contributed by atoms with Crippen molar-refractivity contribution in [2.45, 2.75) is 37.8 Å². The maximum atomic E-state index is 12.5. The van der Waals surface area contributed by atoms with E-state index in [1.54, 1.807) is 0 Å². The van der Waals surface area contributed by atoms with Crippen molar-refractivity contribution < 1.29 is 9.59 Å². The van der Waals surface area contributed by atoms with Gasteiger partial charge in [-0.3, -0.25) is 9.59 Å². The molecule has 23 heavy (non-hydrogen) atoms. The number of amides is 2. The summed E-state index contributed by atoms with van der Waals surface area (Å²) in [4.78, 5) is 26.2. The molecule has 1 saturated heterocycles. The van der Waals surface area contributed by atoms with Gasteiger partial charge >= 0.3 is 0 Å². The lowest BCUT2D eigenvalue weighted by molar-refractivity contribution is -0.125. The van der Waals surface area contributed by atoms with Crippen molar-refractivity contribution in [1.29, 1.82) is 0 Å². The molecule has 0 radical (unpaired) electrons. The molecule has 6 heteroatoms. The van der Waals surface area contributed by atoms with Crippen LogP contribution in [0.15, 0.2) is 24.3 Å². The van der Waals surface area contributed by atoms with Gasteiger partial charge in [0.1, 0.15) is 6.04 Å². The van der Waals surface area contributed by atoms with Crippen molar-refractivity contribution in [2.24, 2.45) is 5.73 Å². The predicted octanol–water partition coefficient (Wildman–Crippen LogP) is 0.681. The molecule has 2 atom stereocenters. The molecule has 4 N–H and O–H groups in total. The Morgan fingerprint density at radius 1 is 1.13 bits per heavy atom. The van der Waals surface area contributed by atoms with Crippen LogP contribution < -0.4 is 21.3 Å². The summed E-state index contributed by atoms with van der Waals surface area (Å²) in [6.07, 6.45) is 3.99. The number of anilines is 1. The van der Waals surface area contributed by atoms with E-state index in [-0.39, 0.29) is 30.4 Å². The van der Waals surface area contributed by atoms with Gasteiger partial charge in [0.2, 0.25) is 11.8 Å². The zero-order valence-corrected chi connectivity index (χ0v) is 13.3. The number of nitrogens with two attached hydrogens (primary N) is 1. The van der Waals surface area contributed by atoms with E-state index >= 15 is 0 Å². The molecule has 0 spiro atoms. The second kappa shape index (κ2) is 7.00. The molecule has 1 aromatic carbocycles. The van der Waals surface area contributed by atoms with E-state index in [1.807, 2.05) is 29.2 Å². The minimum absolute atomic E-state index is 0.00330. The highest BCUT2D eigenvalue weighted by molar-refractivity contribution is 5.92. The quantitative estimate of drug-likeness (QED) is 0.657. The van der Waals surface area contributed by atoms with Gasteiger partial charge in [0.15, 0.2) is 0 Å². The van der Waals surface area contributed by atoms with Crippen molar-refractivity contribution in [1.82, 2.24) is 10.6 Å². The topological polar surface area (TPSA) is 87.5 Å². The van der Waals surface area contributed by atoms with Crippen LogP contribution in [0.4, 0.5) is 5.69 Å². The SMILES string of the molecule is N[C@H]1CCCCCNC(=O)C2CNC(=O)CN2c2cccc1c2. The maximum Gasteiger partial charge on any atom is 0.244 e. The van der Waals surface area contributed by atoms with Gasteiger partial charge in [0, 0.05) is 24.8 Å². The molecule has 1 fully saturated rings. The van der Waals surface area contributed by atoms with Crippen molar-refractivity contribution >= 4 is 17.5 Å². The summed E-state index contributed by atoms with van der Waals surface area (Å²) in [7, 11) is 0. The van der Waals surface area contributed by atoms with Crippen LogP contribution in [0.25, 0.3) is 0 Å². The van der Waals surface area contributed by atoms with Crippen LogP contribution >= 0.6 is 0 Å². The molecule has 1 unspecified atom stereocenters. The third-order valence-corrected chi connectivity index (χ3v) is 4.61. The van der Waals surface area contributed by atoms with Gasteiger partial charge in [-0.1, -0.05) is 25.0 Å². The zero-order chi connectivity index (χ0) is 16.2. The number of nitrogens with zero attached hydrogens (tertiary/aromatic N) is 1. The first-order valence-electron chi connectivity index (χ1n) is 8.32. The van der Waals surface area contributed by atoms with Gasteiger partial charge in [-0.05, 0) is 30.5 Å². The lowest BCUT2D eigenvalue weighted by Gasteiger charge is -2.36. The maximum absolute atomic E-state index is 12.5. The Balaban J connectivity index is 1.94. The number of hydrogen-bond acceptors (Lipinski definition) is 4. The van der Waals surface area contributed by atoms with E-state index in [9.17, 15) is 9.59 Å². The number of hydrogen-bond donors (Lipinski definition) is 3. The van der Waals surface area contributed by atoms with Gasteiger partial charge in [-0.15, -0.1) is 0 Å². The molecule has 0 aliphatic carbocycles. The molecule has 0 aromatic heterocycles. The number of benzene rings is 1. The molecule has 0 saturated carbocycles. The number of nitrogens with one attached hydrogen (secondary N) is 2. The highest BCUT2D eigenvalue weighted by Crippen LogP contribution is 2.25. The van der Waals surface area contributed by atoms with Crippen LogP contribution in [0.3, 0.4) is 0 Å². The second-order valence-corrected chi connectivity index (χ2v) is 6.29. The Bertz CT molecular complexity index is 590. The van der Waals surface area contributed by atoms with E-state index in [4.69, 9.17) is 5.73 Å². The fourth-order valence-corrected chi connectivity index (χ4v) is 3.24. The van der Waals surface area contributed by atoms with E-state index < -0.39 is 0 Å². The molecule has 2 bridgehead atoms. The Morgan fingerprint density at radius 2 is 2.00 bits per heavy atom. The Labute approximate surface area is 136 Å². The average Bonchev–Trinajstić information content (AvgIpc) is 2.57. The van der Waals surface area contributed by atoms with E-state index in [1.165, 1.54) is 0 Å². The minimum Gasteiger partial charge on any atom is -0.354 e. The van der Waals surface area contributed by atoms with Crippen LogP contribution in [0, 0.1) is 0 Å². The summed E-state index contributed by atoms with van der Waals surface area (Å²) < 4.78 is 0. The van der Waals surface area contributed by atoms with Crippen LogP contribution in [-0.4, -0.2) is 37.5 Å². The normalized spacial score (nSPS) is 26.0. The first-order chi connectivity index (χ1) is 11.1. The third-order valence-electron chi connectivity index (χ3n) is 4.61. The zero-order valence-electron chi connectivity index (χ0n) is 13.3. The van der Waals surface area contributed by atoms with Crippen molar-refractivity contribution in [3.63, 3.8) is 0 Å². The van der Waals surface area contributed by atoms with Gasteiger partial charge in [-0.2, -0.15) is 0 Å². The molecule has 1 aromatic rings. The Morgan fingerprint density at radius 3 is 2.87 bits per heavy atom. The standard InChI is InChI=1S/C17H24N4O2/c18-14-7-2-1-3-8-19-17(23)15-10-20-16(22)11-21(15)13-6-4-5-12(14)9-13/h4-6,9,14-15H,1-3,7-8,10-11,18H2,(H,19,23)(H,20,22)/t14-,15?/m0/s1. The largest absolute Gasteiger partial charge is 0.354 e. The van der Waals surface area contributed by atoms with Crippen molar-refractivity contribution in [2.75, 3.05) is 24.5 Å². The average molecular weight is 316 g/mol. The van der Waals surface area contributed by atoms with E-state index in [0.717, 1.165) is 36.9 Å². The summed E-state index contributed by atoms with van der Waals surface area (Å²) in [5.74, 6) is -0.0907. The predicted molar refractivity (Wildman–Crippen MR) is 89.0 cm³/mol. The van der Waals surface area contributed by atoms with Crippen LogP contribution in [0.5, 0.6) is 0 Å². The Hall–Kier alpha value is -2.08. The summed E-state index contributed by atoms with van der Waals surface area (Å²) in [5.41, 5.74) is 8.24. The first kappa shape index (κ1) is 15.8. The second-order valence-electron chi connectivity index (χ2n) is 6.29. The number of rotatable bonds is 0. The molecule has 6 nitrogen and oxygen atoms in total. The van der Waals surface area contributed by atoms with Gasteiger partial charge in [0.25, 0.3) is 0 Å². The van der Waals surface area contributed by atoms with Crippen LogP contribution in [0.2, 0.25) is 0 Å². The molecule has 2 heterocycles. The molecule has 2 amide bonds. The van der Waals surface area contributed by atoms with Gasteiger partial charge in [-0.25, -0.2) is 0 Å². The fraction of sp³-hybridized carbons (Fsp3) is 0.529. The molecule has 2 aliphatic heterocycles. The third kappa shape index (κ3) is 3.64. The smallest absolute Gasteiger partial charge is 0.244 e. The highest BCUT2D eigenvalue weighted by Gasteiger charge is 2.32. The van der Waals surface area contributed by atoms with Crippen molar-refractivity contribution in [3.8, 4) is 0 Å². The molecule has 3 rings (SSSR count). The number of fused-ring (bicyclic) bond motifs is 4. The lowest BCUT2D eigenvalue weighted by Crippen LogP contribution is -2.60. The summed E-state index contributed by atoms with van der Waals surface area (Å²) >= 11 is 0. The van der Waals surface area contributed by atoms with Crippen LogP contribution in [0.1, 0.15) is 37.3 Å². The summed E-state index contributed by atoms with van der Waals surface area (Å²) in [6, 6.07) is 7.55. The van der Waals surface area contributed by atoms with Crippen LogP contribution in [-0.2, 0) is 9.59 Å².